The predicted octanol–water partition coefficient (Wildman–Crippen LogP) is 2.94. The molecule has 7 heteroatoms. The Morgan fingerprint density at radius 1 is 1.04 bits per heavy atom. The van der Waals surface area contributed by atoms with Gasteiger partial charge in [-0.1, -0.05) is 0 Å². The Kier molecular flexibility index (Phi) is 4.07. The third-order valence-corrected chi connectivity index (χ3v) is 3.40. The Morgan fingerprint density at radius 3 is 2.50 bits per heavy atom. The van der Waals surface area contributed by atoms with Crippen LogP contribution in [0.3, 0.4) is 0 Å². The van der Waals surface area contributed by atoms with Crippen molar-refractivity contribution in [1.29, 1.82) is 5.41 Å². The zero-order valence-electron chi connectivity index (χ0n) is 12.6. The van der Waals surface area contributed by atoms with E-state index in [4.69, 9.17) is 16.9 Å². The van der Waals surface area contributed by atoms with Crippen LogP contribution in [0.5, 0.6) is 0 Å². The molecule has 0 bridgehead atoms. The number of nitrogen functional groups attached to an aromatic ring is 2. The van der Waals surface area contributed by atoms with Crippen molar-refractivity contribution in [2.24, 2.45) is 0 Å². The van der Waals surface area contributed by atoms with Crippen LogP contribution >= 0.6 is 0 Å². The summed E-state index contributed by atoms with van der Waals surface area (Å²) in [4.78, 5) is 7.89. The van der Waals surface area contributed by atoms with Crippen LogP contribution < -0.4 is 16.8 Å². The number of rotatable bonds is 4. The standard InChI is InChI=1S/C17H15FN6/c18-11-3-1-10(2-4-11)16(20)13-9-12(5-6-14(13)19)23-15-7-8-22-17(21)24-15/h1-9,20H,19H2,(H3,21,22,23,24). The van der Waals surface area contributed by atoms with E-state index in [0.717, 1.165) is 0 Å². The lowest BCUT2D eigenvalue weighted by Crippen LogP contribution is -2.07. The fourth-order valence-electron chi connectivity index (χ4n) is 2.21. The monoisotopic (exact) mass is 322 g/mol. The number of anilines is 4. The predicted molar refractivity (Wildman–Crippen MR) is 92.9 cm³/mol. The summed E-state index contributed by atoms with van der Waals surface area (Å²) in [5.41, 5.74) is 14.0. The number of nitrogens with one attached hydrogen (secondary N) is 2. The minimum absolute atomic E-state index is 0.162. The van der Waals surface area contributed by atoms with Gasteiger partial charge in [0.05, 0.1) is 5.71 Å². The molecule has 6 nitrogen and oxygen atoms in total. The van der Waals surface area contributed by atoms with Gasteiger partial charge in [0.1, 0.15) is 11.6 Å². The molecule has 1 heterocycles. The van der Waals surface area contributed by atoms with Crippen molar-refractivity contribution in [1.82, 2.24) is 9.97 Å². The maximum absolute atomic E-state index is 13.0. The van der Waals surface area contributed by atoms with Crippen molar-refractivity contribution in [3.05, 3.63) is 71.7 Å². The molecule has 0 unspecified atom stereocenters. The zero-order valence-corrected chi connectivity index (χ0v) is 12.6. The maximum Gasteiger partial charge on any atom is 0.221 e. The van der Waals surface area contributed by atoms with Gasteiger partial charge in [-0.15, -0.1) is 0 Å². The molecule has 1 aromatic heterocycles. The Bertz CT molecular complexity index is 892. The molecule has 0 amide bonds. The molecule has 0 saturated heterocycles. The second-order valence-corrected chi connectivity index (χ2v) is 5.11. The molecule has 0 atom stereocenters. The van der Waals surface area contributed by atoms with E-state index >= 15 is 0 Å². The molecule has 0 spiro atoms. The van der Waals surface area contributed by atoms with E-state index < -0.39 is 0 Å². The van der Waals surface area contributed by atoms with E-state index in [1.807, 2.05) is 0 Å². The second-order valence-electron chi connectivity index (χ2n) is 5.11. The SMILES string of the molecule is N=C(c1ccc(F)cc1)c1cc(Nc2ccnc(N)n2)ccc1N. The summed E-state index contributed by atoms with van der Waals surface area (Å²) in [6, 6.07) is 12.6. The van der Waals surface area contributed by atoms with Gasteiger partial charge in [0, 0.05) is 28.7 Å². The van der Waals surface area contributed by atoms with Gasteiger partial charge in [-0.2, -0.15) is 4.98 Å². The molecule has 0 aliphatic carbocycles. The molecule has 6 N–H and O–H groups in total. The minimum atomic E-state index is -0.351. The number of nitrogens with two attached hydrogens (primary N) is 2. The first-order valence-corrected chi connectivity index (χ1v) is 7.13. The molecule has 0 aliphatic rings. The van der Waals surface area contributed by atoms with Gasteiger partial charge >= 0.3 is 0 Å². The summed E-state index contributed by atoms with van der Waals surface area (Å²) in [5, 5.41) is 11.4. The summed E-state index contributed by atoms with van der Waals surface area (Å²) >= 11 is 0. The highest BCUT2D eigenvalue weighted by Gasteiger charge is 2.10. The van der Waals surface area contributed by atoms with Crippen molar-refractivity contribution in [3.63, 3.8) is 0 Å². The van der Waals surface area contributed by atoms with Crippen LogP contribution in [0.15, 0.2) is 54.7 Å². The number of halogens is 1. The van der Waals surface area contributed by atoms with Crippen molar-refractivity contribution in [2.75, 3.05) is 16.8 Å². The summed E-state index contributed by atoms with van der Waals surface area (Å²) in [7, 11) is 0. The third-order valence-electron chi connectivity index (χ3n) is 3.40. The molecule has 3 aromatic rings. The van der Waals surface area contributed by atoms with E-state index in [-0.39, 0.29) is 17.5 Å². The first-order chi connectivity index (χ1) is 11.5. The lowest BCUT2D eigenvalue weighted by Gasteiger charge is -2.12. The van der Waals surface area contributed by atoms with Gasteiger partial charge in [0.15, 0.2) is 0 Å². The van der Waals surface area contributed by atoms with Crippen LogP contribution in [0.4, 0.5) is 27.5 Å². The lowest BCUT2D eigenvalue weighted by molar-refractivity contribution is 0.628. The van der Waals surface area contributed by atoms with Crippen LogP contribution in [0.1, 0.15) is 11.1 Å². The summed E-state index contributed by atoms with van der Waals surface area (Å²) in [6.07, 6.45) is 1.55. The van der Waals surface area contributed by atoms with Gasteiger partial charge in [-0.25, -0.2) is 9.37 Å². The normalized spacial score (nSPS) is 10.4. The van der Waals surface area contributed by atoms with Crippen LogP contribution in [0, 0.1) is 11.2 Å². The first kappa shape index (κ1) is 15.4. The number of nitrogens with zero attached hydrogens (tertiary/aromatic N) is 2. The smallest absolute Gasteiger partial charge is 0.221 e. The molecule has 0 aliphatic heterocycles. The highest BCUT2D eigenvalue weighted by molar-refractivity contribution is 6.14. The Morgan fingerprint density at radius 2 is 1.79 bits per heavy atom. The number of hydrogen-bond acceptors (Lipinski definition) is 6. The van der Waals surface area contributed by atoms with Gasteiger partial charge < -0.3 is 16.8 Å². The average Bonchev–Trinajstić information content (AvgIpc) is 2.57. The van der Waals surface area contributed by atoms with Crippen LogP contribution in [-0.4, -0.2) is 15.7 Å². The largest absolute Gasteiger partial charge is 0.398 e. The zero-order chi connectivity index (χ0) is 17.1. The van der Waals surface area contributed by atoms with E-state index in [1.54, 1.807) is 42.6 Å². The second kappa shape index (κ2) is 6.33. The van der Waals surface area contributed by atoms with Gasteiger partial charge in [0.25, 0.3) is 0 Å². The van der Waals surface area contributed by atoms with E-state index in [2.05, 4.69) is 15.3 Å². The average molecular weight is 322 g/mol. The third kappa shape index (κ3) is 3.30. The molecule has 24 heavy (non-hydrogen) atoms. The number of aromatic nitrogens is 2. The van der Waals surface area contributed by atoms with Crippen molar-refractivity contribution in [2.45, 2.75) is 0 Å². The van der Waals surface area contributed by atoms with Crippen molar-refractivity contribution in [3.8, 4) is 0 Å². The van der Waals surface area contributed by atoms with E-state index in [1.165, 1.54) is 12.1 Å². The molecule has 3 rings (SSSR count). The number of benzene rings is 2. The molecule has 120 valence electrons. The summed E-state index contributed by atoms with van der Waals surface area (Å²) in [6.45, 7) is 0. The minimum Gasteiger partial charge on any atom is -0.398 e. The molecule has 0 fully saturated rings. The summed E-state index contributed by atoms with van der Waals surface area (Å²) < 4.78 is 13.0. The van der Waals surface area contributed by atoms with Crippen LogP contribution in [-0.2, 0) is 0 Å². The van der Waals surface area contributed by atoms with Gasteiger partial charge in [-0.3, -0.25) is 5.41 Å². The van der Waals surface area contributed by atoms with E-state index in [0.29, 0.717) is 28.3 Å². The number of hydrogen-bond donors (Lipinski definition) is 4. The quantitative estimate of drug-likeness (QED) is 0.435. The van der Waals surface area contributed by atoms with Crippen molar-refractivity contribution < 1.29 is 4.39 Å². The van der Waals surface area contributed by atoms with E-state index in [9.17, 15) is 4.39 Å². The fourth-order valence-corrected chi connectivity index (χ4v) is 2.21. The molecule has 0 radical (unpaired) electrons. The Balaban J connectivity index is 1.91. The maximum atomic E-state index is 13.0. The first-order valence-electron chi connectivity index (χ1n) is 7.13. The molecular formula is C17H15FN6. The lowest BCUT2D eigenvalue weighted by atomic mass is 10.0. The topological polar surface area (TPSA) is 114 Å². The van der Waals surface area contributed by atoms with Gasteiger partial charge in [-0.05, 0) is 48.5 Å². The highest BCUT2D eigenvalue weighted by atomic mass is 19.1. The van der Waals surface area contributed by atoms with Crippen molar-refractivity contribution >= 4 is 28.9 Å². The van der Waals surface area contributed by atoms with Crippen LogP contribution in [0.2, 0.25) is 0 Å². The van der Waals surface area contributed by atoms with Crippen LogP contribution in [0.25, 0.3) is 0 Å². The highest BCUT2D eigenvalue weighted by Crippen LogP contribution is 2.23. The Labute approximate surface area is 137 Å². The molecule has 2 aromatic carbocycles. The fraction of sp³-hybridized carbons (Fsp3) is 0. The van der Waals surface area contributed by atoms with Gasteiger partial charge in [0.2, 0.25) is 5.95 Å². The summed E-state index contributed by atoms with van der Waals surface area (Å²) in [5.74, 6) is 0.345. The Hall–Kier alpha value is -3.48. The molecular weight excluding hydrogens is 307 g/mol. The molecule has 0 saturated carbocycles.